The van der Waals surface area contributed by atoms with E-state index < -0.39 is 5.97 Å². The fourth-order valence-corrected chi connectivity index (χ4v) is 7.21. The molecule has 0 radical (unpaired) electrons. The summed E-state index contributed by atoms with van der Waals surface area (Å²) < 4.78 is 7.00. The third-order valence-electron chi connectivity index (χ3n) is 6.61. The Bertz CT molecular complexity index is 986. The molecule has 1 fully saturated rings. The first-order valence-electron chi connectivity index (χ1n) is 11.7. The maximum Gasteiger partial charge on any atom is 0.307 e. The number of thiophene rings is 2. The molecular formula is C26H37NO2S2. The standard InChI is InChI=1S/C26H37NO2S2/c1-16(2)22-18(4)15-30-24(22)21(23-17(3)13-19(5)31-23)9-8-12-27-14-20(25(28)29)10-11-26(27,6)7/h9,13,15-16,20H,8,10-12,14H2,1-7H3,(H,28,29)/b21-9-/t20-/m1/s1/i/hD. The van der Waals surface area contributed by atoms with Crippen LogP contribution in [0.4, 0.5) is 0 Å². The van der Waals surface area contributed by atoms with E-state index in [2.05, 4.69) is 76.0 Å². The van der Waals surface area contributed by atoms with Crippen molar-refractivity contribution in [3.8, 4) is 0 Å². The van der Waals surface area contributed by atoms with Crippen LogP contribution < -0.4 is 0 Å². The summed E-state index contributed by atoms with van der Waals surface area (Å²) >= 11 is 3.74. The van der Waals surface area contributed by atoms with Crippen molar-refractivity contribution >= 4 is 34.2 Å². The van der Waals surface area contributed by atoms with Gasteiger partial charge in [0.15, 0.2) is 0 Å². The summed E-state index contributed by atoms with van der Waals surface area (Å²) in [6, 6.07) is 2.29. The second-order valence-electron chi connectivity index (χ2n) is 9.90. The third kappa shape index (κ3) is 5.32. The lowest BCUT2D eigenvalue weighted by molar-refractivity contribution is -0.145. The molecule has 1 aliphatic rings. The van der Waals surface area contributed by atoms with Gasteiger partial charge in [-0.15, -0.1) is 22.7 Å². The number of hydrogen-bond donors (Lipinski definition) is 1. The molecule has 1 saturated heterocycles. The van der Waals surface area contributed by atoms with Crippen molar-refractivity contribution in [2.45, 2.75) is 79.2 Å². The first kappa shape index (κ1) is 22.8. The molecule has 31 heavy (non-hydrogen) atoms. The van der Waals surface area contributed by atoms with Crippen LogP contribution >= 0.6 is 22.7 Å². The van der Waals surface area contributed by atoms with Crippen molar-refractivity contribution in [2.75, 3.05) is 13.1 Å². The molecule has 1 N–H and O–H groups in total. The molecule has 0 saturated carbocycles. The molecule has 170 valence electrons. The van der Waals surface area contributed by atoms with Gasteiger partial charge in [-0.25, -0.2) is 0 Å². The zero-order chi connectivity index (χ0) is 23.6. The van der Waals surface area contributed by atoms with Crippen LogP contribution in [0.1, 0.15) is 84.2 Å². The number of rotatable bonds is 7. The van der Waals surface area contributed by atoms with Gasteiger partial charge in [-0.1, -0.05) is 19.9 Å². The van der Waals surface area contributed by atoms with Gasteiger partial charge in [-0.2, -0.15) is 0 Å². The second kappa shape index (κ2) is 9.60. The Morgan fingerprint density at radius 2 is 2.06 bits per heavy atom. The van der Waals surface area contributed by atoms with Gasteiger partial charge in [0.1, 0.15) is 0 Å². The van der Waals surface area contributed by atoms with Crippen molar-refractivity contribution in [1.82, 2.24) is 4.90 Å². The van der Waals surface area contributed by atoms with Crippen LogP contribution in [0.25, 0.3) is 7.00 Å². The maximum atomic E-state index is 12.0. The Balaban J connectivity index is 1.90. The number of carboxylic acids is 1. The van der Waals surface area contributed by atoms with E-state index in [1.54, 1.807) is 0 Å². The van der Waals surface area contributed by atoms with Crippen LogP contribution in [0, 0.1) is 26.7 Å². The number of nitrogens with zero attached hydrogens (tertiary/aromatic N) is 1. The van der Waals surface area contributed by atoms with E-state index in [9.17, 15) is 4.79 Å². The Labute approximate surface area is 197 Å². The molecule has 0 spiro atoms. The van der Waals surface area contributed by atoms with E-state index in [-0.39, 0.29) is 11.5 Å². The van der Waals surface area contributed by atoms with Gasteiger partial charge in [0, 0.05) is 38.8 Å². The van der Waals surface area contributed by atoms with Crippen LogP contribution in [0.15, 0.2) is 17.5 Å². The van der Waals surface area contributed by atoms with Crippen molar-refractivity contribution in [2.24, 2.45) is 5.92 Å². The molecule has 0 bridgehead atoms. The lowest BCUT2D eigenvalue weighted by Gasteiger charge is -2.44. The van der Waals surface area contributed by atoms with Gasteiger partial charge in [-0.3, -0.25) is 9.69 Å². The highest BCUT2D eigenvalue weighted by molar-refractivity contribution is 7.15. The summed E-state index contributed by atoms with van der Waals surface area (Å²) in [5.41, 5.74) is 5.59. The highest BCUT2D eigenvalue weighted by atomic mass is 32.1. The molecule has 2 aromatic heterocycles. The van der Waals surface area contributed by atoms with E-state index in [0.717, 1.165) is 25.8 Å². The van der Waals surface area contributed by atoms with Gasteiger partial charge < -0.3 is 5.11 Å². The quantitative estimate of drug-likeness (QED) is 0.473. The molecular weight excluding hydrogens is 422 g/mol. The van der Waals surface area contributed by atoms with Gasteiger partial charge >= 0.3 is 5.97 Å². The molecule has 3 nitrogen and oxygen atoms in total. The molecule has 5 heteroatoms. The number of carboxylic acid groups (broad SMARTS) is 1. The summed E-state index contributed by atoms with van der Waals surface area (Å²) in [4.78, 5) is 18.5. The number of likely N-dealkylation sites (tertiary alicyclic amines) is 1. The maximum absolute atomic E-state index is 12.0. The minimum Gasteiger partial charge on any atom is -0.481 e. The minimum atomic E-state index is -0.401. The van der Waals surface area contributed by atoms with E-state index in [4.69, 9.17) is 1.43 Å². The Morgan fingerprint density at radius 3 is 2.68 bits per heavy atom. The van der Waals surface area contributed by atoms with Gasteiger partial charge in [0.25, 0.3) is 1.43 Å². The van der Waals surface area contributed by atoms with Gasteiger partial charge in [-0.05, 0) is 87.9 Å². The summed E-state index contributed by atoms with van der Waals surface area (Å²) in [6.45, 7) is 17.3. The highest BCUT2D eigenvalue weighted by Crippen LogP contribution is 2.41. The second-order valence-corrected chi connectivity index (χ2v) is 12.0. The largest absolute Gasteiger partial charge is 0.481 e. The van der Waals surface area contributed by atoms with E-state index in [0.29, 0.717) is 12.5 Å². The number of piperidine rings is 1. The monoisotopic (exact) mass is 460 g/mol. The van der Waals surface area contributed by atoms with Crippen LogP contribution in [-0.2, 0) is 4.79 Å². The summed E-state index contributed by atoms with van der Waals surface area (Å²) in [5, 5.41) is 6.58. The smallest absolute Gasteiger partial charge is 0.307 e. The van der Waals surface area contributed by atoms with E-state index in [1.807, 2.05) is 22.7 Å². The number of aliphatic carboxylic acids is 1. The molecule has 1 atom stereocenters. The zero-order valence-electron chi connectivity index (χ0n) is 21.0. The van der Waals surface area contributed by atoms with Crippen molar-refractivity contribution in [3.63, 3.8) is 0 Å². The topological polar surface area (TPSA) is 40.5 Å². The minimum absolute atomic E-state index is 0.0465. The number of carbonyl (C=O) groups is 1. The van der Waals surface area contributed by atoms with Crippen molar-refractivity contribution in [3.05, 3.63) is 48.8 Å². The highest BCUT2D eigenvalue weighted by Gasteiger charge is 2.36. The van der Waals surface area contributed by atoms with Crippen LogP contribution in [-0.4, -0.2) is 34.6 Å². The summed E-state index contributed by atoms with van der Waals surface area (Å²) in [5.74, 6) is -0.112. The Morgan fingerprint density at radius 1 is 1.32 bits per heavy atom. The fourth-order valence-electron chi connectivity index (χ4n) is 4.82. The van der Waals surface area contributed by atoms with Gasteiger partial charge in [0.05, 0.1) is 5.92 Å². The molecule has 3 heterocycles. The fraction of sp³-hybridized carbons (Fsp3) is 0.577. The predicted molar refractivity (Wildman–Crippen MR) is 135 cm³/mol. The summed E-state index contributed by atoms with van der Waals surface area (Å²) in [7, 11) is 0. The Hall–Kier alpha value is -1.43. The van der Waals surface area contributed by atoms with Crippen LogP contribution in [0.5, 0.6) is 0 Å². The molecule has 0 aliphatic carbocycles. The van der Waals surface area contributed by atoms with Crippen molar-refractivity contribution < 1.29 is 9.90 Å². The van der Waals surface area contributed by atoms with Crippen LogP contribution in [0.3, 0.4) is 0 Å². The molecule has 3 rings (SSSR count). The number of hydrogen-bond acceptors (Lipinski definition) is 5. The molecule has 0 aromatic carbocycles. The summed E-state index contributed by atoms with van der Waals surface area (Å²) in [6.07, 6.45) is 5.07. The average molecular weight is 461 g/mol. The lowest BCUT2D eigenvalue weighted by atomic mass is 9.84. The van der Waals surface area contributed by atoms with Gasteiger partial charge in [0.2, 0.25) is 0 Å². The third-order valence-corrected chi connectivity index (χ3v) is 8.95. The van der Waals surface area contributed by atoms with E-state index >= 15 is 0 Å². The molecule has 2 aromatic rings. The van der Waals surface area contributed by atoms with E-state index in [1.165, 1.54) is 36.9 Å². The average Bonchev–Trinajstić information content (AvgIpc) is 3.27. The number of aryl methyl sites for hydroxylation is 3. The van der Waals surface area contributed by atoms with Crippen molar-refractivity contribution in [1.29, 1.82) is 1.43 Å². The molecule has 0 unspecified atom stereocenters. The lowest BCUT2D eigenvalue weighted by Crippen LogP contribution is -2.52. The van der Waals surface area contributed by atoms with Crippen LogP contribution in [0.2, 0.25) is 0 Å². The first-order chi connectivity index (χ1) is 15.0. The normalized spacial score (nSPS) is 20.2. The molecule has 0 amide bonds. The SMILES string of the molecule is [2H]OC(=O)[C@@H]1CCC(C)(C)N(CC/C=C(/c2sc(C)cc2C)c2scc(C)c2C(C)C)C1. The zero-order valence-corrected chi connectivity index (χ0v) is 21.6. The Kier molecular flexibility index (Phi) is 7.04. The first-order valence-corrected chi connectivity index (χ1v) is 13.0. The predicted octanol–water partition coefficient (Wildman–Crippen LogP) is 7.26. The molecule has 1 aliphatic heterocycles.